The zero-order valence-corrected chi connectivity index (χ0v) is 13.3. The lowest BCUT2D eigenvalue weighted by atomic mass is 10.2. The van der Waals surface area contributed by atoms with Crippen LogP contribution in [0.25, 0.3) is 10.6 Å². The molecule has 1 aliphatic rings. The van der Waals surface area contributed by atoms with Gasteiger partial charge in [0.15, 0.2) is 0 Å². The first-order chi connectivity index (χ1) is 10.4. The van der Waals surface area contributed by atoms with E-state index in [4.69, 9.17) is 0 Å². The molecule has 4 rings (SSSR count). The van der Waals surface area contributed by atoms with Crippen molar-refractivity contribution in [1.29, 1.82) is 0 Å². The molecule has 0 atom stereocenters. The van der Waals surface area contributed by atoms with E-state index in [9.17, 15) is 0 Å². The van der Waals surface area contributed by atoms with Crippen molar-refractivity contribution in [1.82, 2.24) is 15.5 Å². The number of nitrogens with one attached hydrogen (secondary N) is 2. The summed E-state index contributed by atoms with van der Waals surface area (Å²) in [5.74, 6) is 0. The Morgan fingerprint density at radius 3 is 3.14 bits per heavy atom. The van der Waals surface area contributed by atoms with Crippen LogP contribution in [-0.2, 0) is 25.9 Å². The summed E-state index contributed by atoms with van der Waals surface area (Å²) in [7, 11) is 0. The Hall–Kier alpha value is -1.43. The highest BCUT2D eigenvalue weighted by molar-refractivity contribution is 7.13. The van der Waals surface area contributed by atoms with Crippen molar-refractivity contribution in [2.24, 2.45) is 0 Å². The highest BCUT2D eigenvalue weighted by Crippen LogP contribution is 2.30. The third kappa shape index (κ3) is 2.69. The van der Waals surface area contributed by atoms with E-state index >= 15 is 0 Å². The molecule has 108 valence electrons. The summed E-state index contributed by atoms with van der Waals surface area (Å²) in [5, 5.41) is 12.9. The molecule has 3 aromatic heterocycles. The SMILES string of the molecule is c1csc(-c2[nH]ncc2CNCc2cc3c(s2)CCC3)c1. The van der Waals surface area contributed by atoms with Crippen molar-refractivity contribution >= 4 is 22.7 Å². The number of thiophene rings is 2. The van der Waals surface area contributed by atoms with Crippen molar-refractivity contribution in [2.45, 2.75) is 32.4 Å². The summed E-state index contributed by atoms with van der Waals surface area (Å²) in [4.78, 5) is 4.31. The van der Waals surface area contributed by atoms with Crippen LogP contribution in [0.4, 0.5) is 0 Å². The number of aromatic nitrogens is 2. The molecule has 0 aliphatic heterocycles. The first-order valence-electron chi connectivity index (χ1n) is 7.27. The van der Waals surface area contributed by atoms with E-state index in [-0.39, 0.29) is 0 Å². The molecule has 5 heteroatoms. The van der Waals surface area contributed by atoms with Gasteiger partial charge in [-0.3, -0.25) is 5.10 Å². The predicted molar refractivity (Wildman–Crippen MR) is 88.8 cm³/mol. The van der Waals surface area contributed by atoms with Crippen LogP contribution in [-0.4, -0.2) is 10.2 Å². The molecule has 0 saturated carbocycles. The molecular weight excluding hydrogens is 298 g/mol. The normalized spacial score (nSPS) is 13.7. The minimum Gasteiger partial charge on any atom is -0.308 e. The maximum absolute atomic E-state index is 4.19. The monoisotopic (exact) mass is 315 g/mol. The van der Waals surface area contributed by atoms with Crippen LogP contribution in [0.15, 0.2) is 29.8 Å². The maximum Gasteiger partial charge on any atom is 0.0794 e. The molecule has 0 amide bonds. The summed E-state index contributed by atoms with van der Waals surface area (Å²) >= 11 is 3.72. The van der Waals surface area contributed by atoms with Gasteiger partial charge in [0.1, 0.15) is 0 Å². The molecule has 0 bridgehead atoms. The fourth-order valence-corrected chi connectivity index (χ4v) is 4.86. The summed E-state index contributed by atoms with van der Waals surface area (Å²) in [6, 6.07) is 6.59. The maximum atomic E-state index is 4.19. The van der Waals surface area contributed by atoms with Gasteiger partial charge >= 0.3 is 0 Å². The number of aromatic amines is 1. The van der Waals surface area contributed by atoms with Gasteiger partial charge in [-0.05, 0) is 42.3 Å². The van der Waals surface area contributed by atoms with E-state index in [1.54, 1.807) is 21.8 Å². The number of aryl methyl sites for hydroxylation is 2. The first kappa shape index (κ1) is 13.2. The zero-order chi connectivity index (χ0) is 14.1. The lowest BCUT2D eigenvalue weighted by molar-refractivity contribution is 0.701. The number of nitrogens with zero attached hydrogens (tertiary/aromatic N) is 1. The average Bonchev–Trinajstić information content (AvgIpc) is 3.23. The first-order valence-corrected chi connectivity index (χ1v) is 8.97. The molecule has 0 unspecified atom stereocenters. The fourth-order valence-electron chi connectivity index (χ4n) is 2.88. The summed E-state index contributed by atoms with van der Waals surface area (Å²) in [6.07, 6.45) is 5.82. The molecule has 0 saturated heterocycles. The van der Waals surface area contributed by atoms with Gasteiger partial charge in [0.05, 0.1) is 16.8 Å². The minimum atomic E-state index is 0.853. The highest BCUT2D eigenvalue weighted by atomic mass is 32.1. The lowest BCUT2D eigenvalue weighted by Gasteiger charge is -2.03. The molecular formula is C16H17N3S2. The Bertz CT molecular complexity index is 703. The number of hydrogen-bond donors (Lipinski definition) is 2. The van der Waals surface area contributed by atoms with Crippen molar-refractivity contribution < 1.29 is 0 Å². The number of fused-ring (bicyclic) bond motifs is 1. The molecule has 3 nitrogen and oxygen atoms in total. The molecule has 3 aromatic rings. The fraction of sp³-hybridized carbons (Fsp3) is 0.312. The van der Waals surface area contributed by atoms with Crippen LogP contribution in [0, 0.1) is 0 Å². The van der Waals surface area contributed by atoms with Crippen molar-refractivity contribution in [3.05, 3.63) is 50.7 Å². The molecule has 3 heterocycles. The molecule has 21 heavy (non-hydrogen) atoms. The Morgan fingerprint density at radius 2 is 2.29 bits per heavy atom. The van der Waals surface area contributed by atoms with Crippen LogP contribution in [0.1, 0.15) is 27.3 Å². The van der Waals surface area contributed by atoms with E-state index in [2.05, 4.69) is 39.1 Å². The van der Waals surface area contributed by atoms with E-state index in [1.807, 2.05) is 17.5 Å². The van der Waals surface area contributed by atoms with Crippen molar-refractivity contribution in [3.8, 4) is 10.6 Å². The molecule has 0 spiro atoms. The standard InChI is InChI=1S/C16H17N3S2/c1-3-11-7-13(21-14(11)4-1)10-17-8-12-9-18-19-16(12)15-5-2-6-20-15/h2,5-7,9,17H,1,3-4,8,10H2,(H,18,19). The number of rotatable bonds is 5. The largest absolute Gasteiger partial charge is 0.308 e. The van der Waals surface area contributed by atoms with Gasteiger partial charge in [0, 0.05) is 28.4 Å². The molecule has 0 fully saturated rings. The van der Waals surface area contributed by atoms with Crippen LogP contribution in [0.3, 0.4) is 0 Å². The van der Waals surface area contributed by atoms with Gasteiger partial charge in [0.25, 0.3) is 0 Å². The second kappa shape index (κ2) is 5.75. The third-order valence-corrected chi connectivity index (χ3v) is 6.02. The van der Waals surface area contributed by atoms with E-state index in [0.29, 0.717) is 0 Å². The summed E-state index contributed by atoms with van der Waals surface area (Å²) < 4.78 is 0. The molecule has 2 N–H and O–H groups in total. The van der Waals surface area contributed by atoms with Gasteiger partial charge in [-0.2, -0.15) is 5.10 Å². The smallest absolute Gasteiger partial charge is 0.0794 e. The topological polar surface area (TPSA) is 40.7 Å². The molecule has 0 aromatic carbocycles. The predicted octanol–water partition coefficient (Wildman–Crippen LogP) is 3.98. The van der Waals surface area contributed by atoms with Gasteiger partial charge in [-0.1, -0.05) is 6.07 Å². The Labute approximate surface area is 132 Å². The third-order valence-electron chi connectivity index (χ3n) is 3.90. The van der Waals surface area contributed by atoms with E-state index < -0.39 is 0 Å². The van der Waals surface area contributed by atoms with Crippen molar-refractivity contribution in [2.75, 3.05) is 0 Å². The van der Waals surface area contributed by atoms with Gasteiger partial charge < -0.3 is 5.32 Å². The second-order valence-electron chi connectivity index (χ2n) is 5.37. The summed E-state index contributed by atoms with van der Waals surface area (Å²) in [5.41, 5.74) is 3.96. The van der Waals surface area contributed by atoms with Gasteiger partial charge in [-0.25, -0.2) is 0 Å². The Kier molecular flexibility index (Phi) is 3.63. The second-order valence-corrected chi connectivity index (χ2v) is 7.53. The summed E-state index contributed by atoms with van der Waals surface area (Å²) in [6.45, 7) is 1.80. The highest BCUT2D eigenvalue weighted by Gasteiger charge is 2.14. The van der Waals surface area contributed by atoms with Crippen LogP contribution in [0.2, 0.25) is 0 Å². The van der Waals surface area contributed by atoms with Crippen molar-refractivity contribution in [3.63, 3.8) is 0 Å². The number of hydrogen-bond acceptors (Lipinski definition) is 4. The van der Waals surface area contributed by atoms with Crippen LogP contribution < -0.4 is 5.32 Å². The van der Waals surface area contributed by atoms with E-state index in [0.717, 1.165) is 18.8 Å². The lowest BCUT2D eigenvalue weighted by Crippen LogP contribution is -2.11. The average molecular weight is 315 g/mol. The minimum absolute atomic E-state index is 0.853. The quantitative estimate of drug-likeness (QED) is 0.748. The van der Waals surface area contributed by atoms with Crippen LogP contribution in [0.5, 0.6) is 0 Å². The van der Waals surface area contributed by atoms with Crippen LogP contribution >= 0.6 is 22.7 Å². The van der Waals surface area contributed by atoms with Gasteiger partial charge in [-0.15, -0.1) is 22.7 Å². The zero-order valence-electron chi connectivity index (χ0n) is 11.7. The van der Waals surface area contributed by atoms with Gasteiger partial charge in [0.2, 0.25) is 0 Å². The molecule has 0 radical (unpaired) electrons. The Balaban J connectivity index is 1.40. The molecule has 1 aliphatic carbocycles. The Morgan fingerprint density at radius 1 is 1.29 bits per heavy atom. The number of H-pyrrole nitrogens is 1. The van der Waals surface area contributed by atoms with E-state index in [1.165, 1.54) is 34.6 Å².